The molecular formula is C65H36N10. The lowest BCUT2D eigenvalue weighted by Crippen LogP contribution is -2.04. The highest BCUT2D eigenvalue weighted by Crippen LogP contribution is 2.42. The first-order valence-electron chi connectivity index (χ1n) is 24.0. The highest BCUT2D eigenvalue weighted by molar-refractivity contribution is 6.12. The van der Waals surface area contributed by atoms with Gasteiger partial charge in [-0.25, -0.2) is 24.9 Å². The summed E-state index contributed by atoms with van der Waals surface area (Å²) in [5.41, 5.74) is 13.3. The van der Waals surface area contributed by atoms with Crippen LogP contribution in [0, 0.1) is 45.3 Å². The van der Waals surface area contributed by atoms with E-state index in [0.717, 1.165) is 72.1 Å². The molecule has 0 saturated carbocycles. The van der Waals surface area contributed by atoms with Crippen molar-refractivity contribution in [3.05, 3.63) is 241 Å². The lowest BCUT2D eigenvalue weighted by Gasteiger charge is -2.17. The largest absolute Gasteiger partial charge is 0.308 e. The molecule has 12 aromatic rings. The van der Waals surface area contributed by atoms with E-state index in [2.05, 4.69) is 59.2 Å². The fraction of sp³-hybridized carbons (Fsp3) is 0. The first kappa shape index (κ1) is 45.0. The summed E-state index contributed by atoms with van der Waals surface area (Å²) in [5.74, 6) is 2.00. The van der Waals surface area contributed by atoms with Crippen LogP contribution in [-0.2, 0) is 0 Å². The molecule has 0 aliphatic carbocycles. The van der Waals surface area contributed by atoms with E-state index in [1.54, 1.807) is 24.3 Å². The van der Waals surface area contributed by atoms with E-state index in [1.807, 2.05) is 164 Å². The van der Waals surface area contributed by atoms with Crippen molar-refractivity contribution in [2.45, 2.75) is 0 Å². The molecule has 346 valence electrons. The molecule has 0 radical (unpaired) electrons. The summed E-state index contributed by atoms with van der Waals surface area (Å²) in [5, 5.41) is 41.8. The second-order valence-corrected chi connectivity index (χ2v) is 17.7. The average Bonchev–Trinajstić information content (AvgIpc) is 3.88. The van der Waals surface area contributed by atoms with Gasteiger partial charge < -0.3 is 4.57 Å². The van der Waals surface area contributed by atoms with Crippen LogP contribution in [0.4, 0.5) is 0 Å². The van der Waals surface area contributed by atoms with Crippen LogP contribution >= 0.6 is 0 Å². The molecule has 0 aliphatic heterocycles. The zero-order valence-electron chi connectivity index (χ0n) is 39.8. The van der Waals surface area contributed by atoms with Gasteiger partial charge in [-0.2, -0.15) is 21.0 Å². The van der Waals surface area contributed by atoms with Gasteiger partial charge in [0, 0.05) is 44.2 Å². The van der Waals surface area contributed by atoms with Crippen molar-refractivity contribution < 1.29 is 0 Å². The minimum absolute atomic E-state index is 0.376. The number of nitriles is 4. The molecule has 0 bridgehead atoms. The molecule has 0 atom stereocenters. The second-order valence-electron chi connectivity index (χ2n) is 17.7. The Hall–Kier alpha value is -11.2. The van der Waals surface area contributed by atoms with Crippen molar-refractivity contribution in [2.75, 3.05) is 0 Å². The number of nitrogens with zero attached hydrogens (tertiary/aromatic N) is 10. The summed E-state index contributed by atoms with van der Waals surface area (Å²) in [6.45, 7) is 0. The van der Waals surface area contributed by atoms with Gasteiger partial charge in [0.1, 0.15) is 0 Å². The highest BCUT2D eigenvalue weighted by Gasteiger charge is 2.23. The third-order valence-corrected chi connectivity index (χ3v) is 13.2. The van der Waals surface area contributed by atoms with E-state index in [0.29, 0.717) is 67.9 Å². The van der Waals surface area contributed by atoms with Gasteiger partial charge in [0.15, 0.2) is 23.3 Å². The Labute approximate surface area is 431 Å². The van der Waals surface area contributed by atoms with Gasteiger partial charge in [-0.3, -0.25) is 0 Å². The summed E-state index contributed by atoms with van der Waals surface area (Å²) in [7, 11) is 0. The molecule has 0 fully saturated rings. The summed E-state index contributed by atoms with van der Waals surface area (Å²) >= 11 is 0. The molecule has 0 spiro atoms. The lowest BCUT2D eigenvalue weighted by molar-refractivity contribution is 1.06. The zero-order valence-corrected chi connectivity index (χ0v) is 39.8. The maximum Gasteiger partial charge on any atom is 0.166 e. The van der Waals surface area contributed by atoms with Crippen molar-refractivity contribution in [3.8, 4) is 120 Å². The van der Waals surface area contributed by atoms with Crippen LogP contribution in [0.1, 0.15) is 22.3 Å². The summed E-state index contributed by atoms with van der Waals surface area (Å²) in [6.07, 6.45) is 0. The van der Waals surface area contributed by atoms with E-state index in [4.69, 9.17) is 24.9 Å². The standard InChI is InChI=1S/C65H36N10/c66-37-41-21-26-52(50(31-41)39-68)47-23-28-59-54(33-47)55-34-48(53-27-22-42(38-67)32-51(53)40-69)24-29-60(55)75(59)61-30-25-49(58-36-57(43-13-5-1-6-14-43)70-62(71-58)44-15-7-2-8-16-44)35-56(61)65-73-63(45-17-9-3-10-18-45)72-64(74-65)46-19-11-4-12-20-46/h1-36H. The van der Waals surface area contributed by atoms with Crippen molar-refractivity contribution in [1.29, 1.82) is 21.0 Å². The van der Waals surface area contributed by atoms with Gasteiger partial charge >= 0.3 is 0 Å². The maximum atomic E-state index is 10.3. The third kappa shape index (κ3) is 8.45. The van der Waals surface area contributed by atoms with Crippen molar-refractivity contribution in [3.63, 3.8) is 0 Å². The Morgan fingerprint density at radius 2 is 0.707 bits per heavy atom. The van der Waals surface area contributed by atoms with Crippen LogP contribution in [0.25, 0.3) is 118 Å². The fourth-order valence-electron chi connectivity index (χ4n) is 9.60. The Kier molecular flexibility index (Phi) is 11.5. The molecule has 10 heteroatoms. The number of aromatic nitrogens is 6. The zero-order chi connectivity index (χ0) is 50.8. The second kappa shape index (κ2) is 19.2. The van der Waals surface area contributed by atoms with E-state index in [9.17, 15) is 21.0 Å². The van der Waals surface area contributed by atoms with Gasteiger partial charge in [0.05, 0.1) is 74.6 Å². The minimum Gasteiger partial charge on any atom is -0.308 e. The van der Waals surface area contributed by atoms with Crippen LogP contribution in [0.15, 0.2) is 218 Å². The van der Waals surface area contributed by atoms with E-state index in [1.165, 1.54) is 0 Å². The first-order valence-corrected chi connectivity index (χ1v) is 24.0. The van der Waals surface area contributed by atoms with Gasteiger partial charge in [0.25, 0.3) is 0 Å². The Morgan fingerprint density at radius 1 is 0.293 bits per heavy atom. The highest BCUT2D eigenvalue weighted by atomic mass is 15.1. The number of fused-ring (bicyclic) bond motifs is 3. The van der Waals surface area contributed by atoms with E-state index in [-0.39, 0.29) is 0 Å². The summed E-state index contributed by atoms with van der Waals surface area (Å²) in [4.78, 5) is 26.0. The maximum absolute atomic E-state index is 10.3. The molecule has 12 rings (SSSR count). The monoisotopic (exact) mass is 956 g/mol. The molecule has 0 unspecified atom stereocenters. The van der Waals surface area contributed by atoms with Gasteiger partial charge in [0.2, 0.25) is 0 Å². The van der Waals surface area contributed by atoms with Crippen LogP contribution in [-0.4, -0.2) is 29.5 Å². The molecule has 3 aromatic heterocycles. The normalized spacial score (nSPS) is 10.9. The van der Waals surface area contributed by atoms with Crippen molar-refractivity contribution >= 4 is 21.8 Å². The number of hydrogen-bond acceptors (Lipinski definition) is 9. The molecule has 10 nitrogen and oxygen atoms in total. The predicted octanol–water partition coefficient (Wildman–Crippen LogP) is 14.6. The minimum atomic E-state index is 0.376. The van der Waals surface area contributed by atoms with E-state index < -0.39 is 0 Å². The predicted molar refractivity (Wildman–Crippen MR) is 292 cm³/mol. The Balaban J connectivity index is 1.16. The van der Waals surface area contributed by atoms with Crippen LogP contribution < -0.4 is 0 Å². The summed E-state index contributed by atoms with van der Waals surface area (Å²) in [6, 6.07) is 79.4. The number of rotatable bonds is 9. The van der Waals surface area contributed by atoms with Crippen molar-refractivity contribution in [2.24, 2.45) is 0 Å². The fourth-order valence-corrected chi connectivity index (χ4v) is 9.60. The molecule has 0 N–H and O–H groups in total. The van der Waals surface area contributed by atoms with Crippen LogP contribution in [0.2, 0.25) is 0 Å². The van der Waals surface area contributed by atoms with Crippen LogP contribution in [0.3, 0.4) is 0 Å². The molecule has 9 aromatic carbocycles. The molecule has 0 saturated heterocycles. The average molecular weight is 957 g/mol. The number of benzene rings is 9. The third-order valence-electron chi connectivity index (χ3n) is 13.2. The molecule has 0 amide bonds. The Morgan fingerprint density at radius 3 is 1.16 bits per heavy atom. The topological polar surface area (TPSA) is 165 Å². The first-order chi connectivity index (χ1) is 37.0. The molecular weight excluding hydrogens is 921 g/mol. The van der Waals surface area contributed by atoms with Crippen LogP contribution in [0.5, 0.6) is 0 Å². The number of hydrogen-bond donors (Lipinski definition) is 0. The van der Waals surface area contributed by atoms with Gasteiger partial charge in [-0.1, -0.05) is 152 Å². The molecule has 75 heavy (non-hydrogen) atoms. The quantitative estimate of drug-likeness (QED) is 0.137. The van der Waals surface area contributed by atoms with Crippen molar-refractivity contribution in [1.82, 2.24) is 29.5 Å². The Bertz CT molecular complexity index is 4140. The SMILES string of the molecule is N#Cc1ccc(-c2ccc3c(c2)c2cc(-c4ccc(C#N)cc4C#N)ccc2n3-c2ccc(-c3cc(-c4ccccc4)nc(-c4ccccc4)n3)cc2-c2nc(-c3ccccc3)nc(-c3ccccc3)n2)c(C#N)c1. The molecule has 3 heterocycles. The summed E-state index contributed by atoms with van der Waals surface area (Å²) < 4.78 is 2.20. The smallest absolute Gasteiger partial charge is 0.166 e. The molecule has 0 aliphatic rings. The lowest BCUT2D eigenvalue weighted by atomic mass is 9.95. The van der Waals surface area contributed by atoms with E-state index >= 15 is 0 Å². The van der Waals surface area contributed by atoms with Gasteiger partial charge in [-0.05, 0) is 89.0 Å². The van der Waals surface area contributed by atoms with Gasteiger partial charge in [-0.15, -0.1) is 0 Å².